The summed E-state index contributed by atoms with van der Waals surface area (Å²) in [6.07, 6.45) is 5.28. The van der Waals surface area contributed by atoms with Gasteiger partial charge in [-0.2, -0.15) is 0 Å². The lowest BCUT2D eigenvalue weighted by Crippen LogP contribution is -2.12. The van der Waals surface area contributed by atoms with Gasteiger partial charge in [0.25, 0.3) is 0 Å². The van der Waals surface area contributed by atoms with E-state index in [1.807, 2.05) is 0 Å². The number of rotatable bonds is 3. The zero-order chi connectivity index (χ0) is 15.6. The van der Waals surface area contributed by atoms with Crippen molar-refractivity contribution in [1.29, 1.82) is 0 Å². The average molecular weight is 286 g/mol. The van der Waals surface area contributed by atoms with Gasteiger partial charge in [-0.25, -0.2) is 9.59 Å². The van der Waals surface area contributed by atoms with E-state index >= 15 is 0 Å². The second-order valence-corrected chi connectivity index (χ2v) is 4.29. The zero-order valence-electron chi connectivity index (χ0n) is 10.6. The minimum absolute atomic E-state index is 0.261. The van der Waals surface area contributed by atoms with E-state index < -0.39 is 17.7 Å². The van der Waals surface area contributed by atoms with Gasteiger partial charge in [-0.1, -0.05) is 12.1 Å². The van der Waals surface area contributed by atoms with Crippen LogP contribution in [-0.4, -0.2) is 33.0 Å². The van der Waals surface area contributed by atoms with Gasteiger partial charge >= 0.3 is 11.9 Å². The first-order chi connectivity index (χ1) is 9.88. The van der Waals surface area contributed by atoms with Gasteiger partial charge in [0, 0.05) is 0 Å². The molecule has 0 saturated carbocycles. The summed E-state index contributed by atoms with van der Waals surface area (Å²) in [6, 6.07) is 3.96. The van der Waals surface area contributed by atoms with E-state index in [9.17, 15) is 19.5 Å². The Hall–Kier alpha value is -3.15. The second-order valence-electron chi connectivity index (χ2n) is 4.29. The van der Waals surface area contributed by atoms with Gasteiger partial charge in [0.1, 0.15) is 16.9 Å². The Morgan fingerprint density at radius 3 is 2.38 bits per heavy atom. The number of carboxylic acids is 2. The van der Waals surface area contributed by atoms with Gasteiger partial charge in [0.05, 0.1) is 0 Å². The smallest absolute Gasteiger partial charge is 0.339 e. The first kappa shape index (κ1) is 14.3. The number of hydrogen-bond acceptors (Lipinski definition) is 4. The maximum atomic E-state index is 11.3. The molecule has 2 rings (SSSR count). The number of benzene rings is 1. The first-order valence-electron chi connectivity index (χ1n) is 5.84. The maximum Gasteiger partial charge on any atom is 0.339 e. The molecule has 0 bridgehead atoms. The minimum Gasteiger partial charge on any atom is -0.507 e. The molecule has 0 unspecified atom stereocenters. The van der Waals surface area contributed by atoms with Crippen LogP contribution in [0, 0.1) is 0 Å². The highest BCUT2D eigenvalue weighted by atomic mass is 16.4. The van der Waals surface area contributed by atoms with E-state index in [-0.39, 0.29) is 16.9 Å². The van der Waals surface area contributed by atoms with Crippen LogP contribution in [-0.2, 0) is 9.59 Å². The van der Waals surface area contributed by atoms with Crippen LogP contribution in [0.4, 0.5) is 0 Å². The third kappa shape index (κ3) is 3.06. The summed E-state index contributed by atoms with van der Waals surface area (Å²) in [5, 5.41) is 27.2. The summed E-state index contributed by atoms with van der Waals surface area (Å²) in [7, 11) is 0. The van der Waals surface area contributed by atoms with E-state index in [2.05, 4.69) is 0 Å². The topological polar surface area (TPSA) is 112 Å². The van der Waals surface area contributed by atoms with Crippen LogP contribution >= 0.6 is 0 Å². The summed E-state index contributed by atoms with van der Waals surface area (Å²) < 4.78 is 0. The van der Waals surface area contributed by atoms with Crippen molar-refractivity contribution in [2.45, 2.75) is 0 Å². The molecule has 106 valence electrons. The molecule has 0 aliphatic heterocycles. The normalized spacial score (nSPS) is 15.9. The molecule has 0 aromatic heterocycles. The number of phenols is 1. The maximum absolute atomic E-state index is 11.3. The third-order valence-electron chi connectivity index (χ3n) is 2.82. The van der Waals surface area contributed by atoms with Crippen molar-refractivity contribution in [3.63, 3.8) is 0 Å². The lowest BCUT2D eigenvalue weighted by Gasteiger charge is -2.06. The van der Waals surface area contributed by atoms with Crippen molar-refractivity contribution in [2.24, 2.45) is 0 Å². The fourth-order valence-corrected chi connectivity index (χ4v) is 1.81. The molecule has 0 amide bonds. The molecule has 3 N–H and O–H groups in total. The number of carbonyl (C=O) groups excluding carboxylic acids is 1. The molecule has 0 atom stereocenters. The van der Waals surface area contributed by atoms with Gasteiger partial charge in [-0.05, 0) is 41.5 Å². The van der Waals surface area contributed by atoms with Gasteiger partial charge in [-0.15, -0.1) is 0 Å². The molecule has 6 nitrogen and oxygen atoms in total. The molecule has 0 fully saturated rings. The molecular weight excluding hydrogens is 276 g/mol. The van der Waals surface area contributed by atoms with E-state index in [1.54, 1.807) is 0 Å². The molecular formula is C15H10O6. The second kappa shape index (κ2) is 5.46. The van der Waals surface area contributed by atoms with Crippen LogP contribution < -0.4 is 0 Å². The van der Waals surface area contributed by atoms with Crippen LogP contribution in [0.3, 0.4) is 0 Å². The predicted octanol–water partition coefficient (Wildman–Crippen LogP) is 1.62. The number of hydrogen-bond donors (Lipinski definition) is 3. The van der Waals surface area contributed by atoms with Gasteiger partial charge in [0.15, 0.2) is 5.78 Å². The number of aliphatic carboxylic acids is 1. The fourth-order valence-electron chi connectivity index (χ4n) is 1.81. The van der Waals surface area contributed by atoms with Crippen molar-refractivity contribution >= 4 is 23.8 Å². The molecule has 0 heterocycles. The highest BCUT2D eigenvalue weighted by molar-refractivity contribution is 6.22. The van der Waals surface area contributed by atoms with Crippen molar-refractivity contribution in [3.8, 4) is 5.75 Å². The highest BCUT2D eigenvalue weighted by Gasteiger charge is 2.18. The van der Waals surface area contributed by atoms with E-state index in [0.717, 1.165) is 6.08 Å². The molecule has 1 aliphatic rings. The number of aromatic hydroxyl groups is 1. The zero-order valence-corrected chi connectivity index (χ0v) is 10.6. The minimum atomic E-state index is -1.33. The molecule has 6 heteroatoms. The summed E-state index contributed by atoms with van der Waals surface area (Å²) in [5.41, 5.74) is 0.276. The summed E-state index contributed by atoms with van der Waals surface area (Å²) >= 11 is 0. The largest absolute Gasteiger partial charge is 0.507 e. The molecule has 1 aliphatic carbocycles. The molecule has 1 aromatic rings. The molecule has 0 radical (unpaired) electrons. The molecule has 21 heavy (non-hydrogen) atoms. The van der Waals surface area contributed by atoms with Crippen molar-refractivity contribution in [2.75, 3.05) is 0 Å². The highest BCUT2D eigenvalue weighted by Crippen LogP contribution is 2.22. The monoisotopic (exact) mass is 286 g/mol. The van der Waals surface area contributed by atoms with Crippen molar-refractivity contribution in [3.05, 3.63) is 58.7 Å². The van der Waals surface area contributed by atoms with Crippen LogP contribution in [0.5, 0.6) is 5.75 Å². The van der Waals surface area contributed by atoms with E-state index in [0.29, 0.717) is 11.1 Å². The molecule has 0 spiro atoms. The quantitative estimate of drug-likeness (QED) is 0.728. The SMILES string of the molecule is O=C(O)C1=CC(=Cc2ccc(O)c(C(=O)O)c2)C=CC1=O. The summed E-state index contributed by atoms with van der Waals surface area (Å²) in [5.74, 6) is -3.56. The van der Waals surface area contributed by atoms with Crippen LogP contribution in [0.25, 0.3) is 6.08 Å². The Balaban J connectivity index is 2.43. The van der Waals surface area contributed by atoms with E-state index in [1.165, 1.54) is 36.4 Å². The Kier molecular flexibility index (Phi) is 3.71. The number of carboxylic acid groups (broad SMARTS) is 2. The Morgan fingerprint density at radius 2 is 1.76 bits per heavy atom. The number of allylic oxidation sites excluding steroid dienone is 4. The summed E-state index contributed by atoms with van der Waals surface area (Å²) in [4.78, 5) is 33.2. The van der Waals surface area contributed by atoms with Crippen molar-refractivity contribution in [1.82, 2.24) is 0 Å². The number of aromatic carboxylic acids is 1. The molecule has 0 saturated heterocycles. The standard InChI is InChI=1S/C15H10O6/c16-12-3-1-8(6-10(12)14(18)19)5-9-2-4-13(17)11(7-9)15(20)21/h1-7,16H,(H,18,19)(H,20,21). The van der Waals surface area contributed by atoms with Crippen LogP contribution in [0.2, 0.25) is 0 Å². The predicted molar refractivity (Wildman–Crippen MR) is 72.9 cm³/mol. The van der Waals surface area contributed by atoms with Crippen LogP contribution in [0.1, 0.15) is 15.9 Å². The lowest BCUT2D eigenvalue weighted by molar-refractivity contribution is -0.134. The van der Waals surface area contributed by atoms with Gasteiger partial charge < -0.3 is 15.3 Å². The number of ketones is 1. The van der Waals surface area contributed by atoms with Gasteiger partial charge in [0.2, 0.25) is 0 Å². The van der Waals surface area contributed by atoms with Gasteiger partial charge in [-0.3, -0.25) is 4.79 Å². The van der Waals surface area contributed by atoms with E-state index in [4.69, 9.17) is 10.2 Å². The Bertz CT molecular complexity index is 737. The Labute approximate surface area is 119 Å². The Morgan fingerprint density at radius 1 is 1.05 bits per heavy atom. The van der Waals surface area contributed by atoms with Crippen LogP contribution in [0.15, 0.2) is 47.6 Å². The fraction of sp³-hybridized carbons (Fsp3) is 0. The lowest BCUT2D eigenvalue weighted by atomic mass is 9.98. The molecule has 1 aromatic carbocycles. The first-order valence-corrected chi connectivity index (χ1v) is 5.84. The van der Waals surface area contributed by atoms with Crippen molar-refractivity contribution < 1.29 is 29.7 Å². The number of carbonyl (C=O) groups is 3. The summed E-state index contributed by atoms with van der Waals surface area (Å²) in [6.45, 7) is 0. The third-order valence-corrected chi connectivity index (χ3v) is 2.82. The average Bonchev–Trinajstić information content (AvgIpc) is 2.42.